The van der Waals surface area contributed by atoms with Crippen LogP contribution in [-0.4, -0.2) is 31.3 Å². The number of rotatable bonds is 2. The van der Waals surface area contributed by atoms with E-state index < -0.39 is 5.60 Å². The van der Waals surface area contributed by atoms with E-state index in [-0.39, 0.29) is 11.5 Å². The molecule has 0 radical (unpaired) electrons. The van der Waals surface area contributed by atoms with E-state index in [1.54, 1.807) is 0 Å². The third-order valence-corrected chi connectivity index (χ3v) is 4.68. The first-order chi connectivity index (χ1) is 10.9. The van der Waals surface area contributed by atoms with Crippen LogP contribution in [-0.2, 0) is 16.7 Å². The standard InChI is InChI=1S/C18H27N3O2/c1-17(2,3)23-16(22)20-11-13-5-4-6-14-15(13)18(12-21-14)7-9-19-10-8-18/h4-6,19,21H,7-12H2,1-3H3,(H,20,22). The van der Waals surface area contributed by atoms with Gasteiger partial charge in [0.05, 0.1) is 0 Å². The molecule has 0 aromatic heterocycles. The third kappa shape index (κ3) is 3.44. The van der Waals surface area contributed by atoms with E-state index in [9.17, 15) is 4.79 Å². The minimum absolute atomic E-state index is 0.201. The molecule has 5 heteroatoms. The van der Waals surface area contributed by atoms with Crippen LogP contribution in [0.2, 0.25) is 0 Å². The van der Waals surface area contributed by atoms with E-state index in [0.717, 1.165) is 32.5 Å². The van der Waals surface area contributed by atoms with E-state index in [4.69, 9.17) is 4.74 Å². The molecule has 1 spiro atoms. The fourth-order valence-corrected chi connectivity index (χ4v) is 3.69. The Balaban J connectivity index is 1.77. The van der Waals surface area contributed by atoms with Crippen LogP contribution in [0, 0.1) is 0 Å². The highest BCUT2D eigenvalue weighted by atomic mass is 16.6. The molecular formula is C18H27N3O2. The fraction of sp³-hybridized carbons (Fsp3) is 0.611. The van der Waals surface area contributed by atoms with E-state index in [2.05, 4.69) is 34.1 Å². The van der Waals surface area contributed by atoms with Gasteiger partial charge in [-0.3, -0.25) is 0 Å². The van der Waals surface area contributed by atoms with Crippen LogP contribution >= 0.6 is 0 Å². The molecule has 5 nitrogen and oxygen atoms in total. The first kappa shape index (κ1) is 16.1. The summed E-state index contributed by atoms with van der Waals surface area (Å²) in [5, 5.41) is 9.90. The lowest BCUT2D eigenvalue weighted by atomic mass is 9.73. The van der Waals surface area contributed by atoms with Gasteiger partial charge in [0.25, 0.3) is 0 Å². The second kappa shape index (κ2) is 6.04. The molecule has 2 aliphatic heterocycles. The SMILES string of the molecule is CC(C)(C)OC(=O)NCc1cccc2c1C1(CCNCC1)CN2. The molecule has 0 unspecified atom stereocenters. The minimum atomic E-state index is -0.472. The van der Waals surface area contributed by atoms with Crippen molar-refractivity contribution in [3.63, 3.8) is 0 Å². The van der Waals surface area contributed by atoms with Gasteiger partial charge in [0.1, 0.15) is 5.60 Å². The van der Waals surface area contributed by atoms with Gasteiger partial charge in [-0.2, -0.15) is 0 Å². The third-order valence-electron chi connectivity index (χ3n) is 4.68. The van der Waals surface area contributed by atoms with Gasteiger partial charge in [0, 0.05) is 24.2 Å². The number of carbonyl (C=O) groups is 1. The van der Waals surface area contributed by atoms with Crippen molar-refractivity contribution >= 4 is 11.8 Å². The first-order valence-corrected chi connectivity index (χ1v) is 8.43. The molecule has 23 heavy (non-hydrogen) atoms. The number of piperidine rings is 1. The number of hydrogen-bond acceptors (Lipinski definition) is 4. The Morgan fingerprint density at radius 2 is 2.04 bits per heavy atom. The average Bonchev–Trinajstić information content (AvgIpc) is 2.84. The number of anilines is 1. The Bertz CT molecular complexity index is 581. The molecule has 0 saturated carbocycles. The number of fused-ring (bicyclic) bond motifs is 2. The smallest absolute Gasteiger partial charge is 0.407 e. The van der Waals surface area contributed by atoms with Gasteiger partial charge in [0.2, 0.25) is 0 Å². The summed E-state index contributed by atoms with van der Waals surface area (Å²) >= 11 is 0. The van der Waals surface area contributed by atoms with Gasteiger partial charge >= 0.3 is 6.09 Å². The topological polar surface area (TPSA) is 62.4 Å². The van der Waals surface area contributed by atoms with E-state index in [1.165, 1.54) is 16.8 Å². The lowest BCUT2D eigenvalue weighted by Gasteiger charge is -2.35. The van der Waals surface area contributed by atoms with Crippen LogP contribution in [0.15, 0.2) is 18.2 Å². The van der Waals surface area contributed by atoms with Crippen molar-refractivity contribution in [3.05, 3.63) is 29.3 Å². The molecule has 126 valence electrons. The second-order valence-corrected chi connectivity index (χ2v) is 7.58. The normalized spacial score (nSPS) is 19.1. The van der Waals surface area contributed by atoms with E-state index in [0.29, 0.717) is 6.54 Å². The summed E-state index contributed by atoms with van der Waals surface area (Å²) in [6, 6.07) is 6.31. The number of amides is 1. The van der Waals surface area contributed by atoms with Gasteiger partial charge in [-0.25, -0.2) is 4.79 Å². The molecule has 3 rings (SSSR count). The molecule has 1 fully saturated rings. The molecule has 0 bridgehead atoms. The molecule has 0 atom stereocenters. The van der Waals surface area contributed by atoms with Crippen LogP contribution in [0.4, 0.5) is 10.5 Å². The summed E-state index contributed by atoms with van der Waals surface area (Å²) in [6.07, 6.45) is 1.91. The average molecular weight is 317 g/mol. The van der Waals surface area contributed by atoms with Crippen molar-refractivity contribution in [2.24, 2.45) is 0 Å². The summed E-state index contributed by atoms with van der Waals surface area (Å²) in [6.45, 7) is 9.23. The molecule has 2 heterocycles. The second-order valence-electron chi connectivity index (χ2n) is 7.58. The molecule has 2 aliphatic rings. The Hall–Kier alpha value is -1.75. The van der Waals surface area contributed by atoms with E-state index >= 15 is 0 Å². The molecular weight excluding hydrogens is 290 g/mol. The fourth-order valence-electron chi connectivity index (χ4n) is 3.69. The van der Waals surface area contributed by atoms with Gasteiger partial charge < -0.3 is 20.7 Å². The predicted octanol–water partition coefficient (Wildman–Crippen LogP) is 2.76. The minimum Gasteiger partial charge on any atom is -0.444 e. The van der Waals surface area contributed by atoms with Gasteiger partial charge in [-0.1, -0.05) is 12.1 Å². The summed E-state index contributed by atoms with van der Waals surface area (Å²) in [5.41, 5.74) is 3.53. The monoisotopic (exact) mass is 317 g/mol. The molecule has 0 aliphatic carbocycles. The van der Waals surface area contributed by atoms with Crippen molar-refractivity contribution in [2.45, 2.75) is 51.2 Å². The zero-order valence-corrected chi connectivity index (χ0v) is 14.3. The van der Waals surface area contributed by atoms with Gasteiger partial charge in [0.15, 0.2) is 0 Å². The van der Waals surface area contributed by atoms with Crippen molar-refractivity contribution in [2.75, 3.05) is 25.0 Å². The van der Waals surface area contributed by atoms with Crippen molar-refractivity contribution < 1.29 is 9.53 Å². The van der Waals surface area contributed by atoms with Crippen molar-refractivity contribution in [3.8, 4) is 0 Å². The quantitative estimate of drug-likeness (QED) is 0.785. The summed E-state index contributed by atoms with van der Waals surface area (Å²) in [4.78, 5) is 11.9. The number of carbonyl (C=O) groups excluding carboxylic acids is 1. The lowest BCUT2D eigenvalue weighted by molar-refractivity contribution is 0.0523. The van der Waals surface area contributed by atoms with Crippen LogP contribution in [0.3, 0.4) is 0 Å². The highest BCUT2D eigenvalue weighted by Crippen LogP contribution is 2.44. The summed E-state index contributed by atoms with van der Waals surface area (Å²) in [5.74, 6) is 0. The van der Waals surface area contributed by atoms with Crippen molar-refractivity contribution in [1.29, 1.82) is 0 Å². The lowest BCUT2D eigenvalue weighted by Crippen LogP contribution is -2.42. The zero-order valence-electron chi connectivity index (χ0n) is 14.3. The summed E-state index contributed by atoms with van der Waals surface area (Å²) in [7, 11) is 0. The Labute approximate surface area is 138 Å². The number of benzene rings is 1. The van der Waals surface area contributed by atoms with Gasteiger partial charge in [-0.05, 0) is 63.9 Å². The van der Waals surface area contributed by atoms with Gasteiger partial charge in [-0.15, -0.1) is 0 Å². The maximum atomic E-state index is 11.9. The number of ether oxygens (including phenoxy) is 1. The largest absolute Gasteiger partial charge is 0.444 e. The maximum absolute atomic E-state index is 11.9. The Morgan fingerprint density at radius 1 is 1.30 bits per heavy atom. The summed E-state index contributed by atoms with van der Waals surface area (Å²) < 4.78 is 5.34. The number of alkyl carbamates (subject to hydrolysis) is 1. The van der Waals surface area contributed by atoms with Crippen LogP contribution in [0.1, 0.15) is 44.7 Å². The maximum Gasteiger partial charge on any atom is 0.407 e. The molecule has 1 aromatic rings. The zero-order chi connectivity index (χ0) is 16.5. The highest BCUT2D eigenvalue weighted by Gasteiger charge is 2.41. The van der Waals surface area contributed by atoms with Crippen LogP contribution in [0.25, 0.3) is 0 Å². The number of nitrogens with one attached hydrogen (secondary N) is 3. The molecule has 3 N–H and O–H groups in total. The highest BCUT2D eigenvalue weighted by molar-refractivity contribution is 5.69. The predicted molar refractivity (Wildman–Crippen MR) is 91.8 cm³/mol. The molecule has 1 amide bonds. The number of hydrogen-bond donors (Lipinski definition) is 3. The van der Waals surface area contributed by atoms with Crippen LogP contribution < -0.4 is 16.0 Å². The van der Waals surface area contributed by atoms with Crippen molar-refractivity contribution in [1.82, 2.24) is 10.6 Å². The molecule has 1 aromatic carbocycles. The van der Waals surface area contributed by atoms with Crippen LogP contribution in [0.5, 0.6) is 0 Å². The Morgan fingerprint density at radius 3 is 2.74 bits per heavy atom. The Kier molecular flexibility index (Phi) is 4.23. The van der Waals surface area contributed by atoms with E-state index in [1.807, 2.05) is 20.8 Å². The first-order valence-electron chi connectivity index (χ1n) is 8.43. The molecule has 1 saturated heterocycles.